The minimum Gasteiger partial charge on any atom is -0.495 e. The van der Waals surface area contributed by atoms with Crippen LogP contribution in [0.3, 0.4) is 0 Å². The van der Waals surface area contributed by atoms with E-state index in [4.69, 9.17) is 10.5 Å². The lowest BCUT2D eigenvalue weighted by atomic mass is 9.95. The third kappa shape index (κ3) is 5.66. The summed E-state index contributed by atoms with van der Waals surface area (Å²) < 4.78 is 34.4. The average Bonchev–Trinajstić information content (AvgIpc) is 2.78. The molecule has 0 aliphatic carbocycles. The molecule has 1 saturated heterocycles. The normalized spacial score (nSPS) is 15.9. The van der Waals surface area contributed by atoms with E-state index in [-0.39, 0.29) is 34.8 Å². The quantitative estimate of drug-likeness (QED) is 0.622. The van der Waals surface area contributed by atoms with Gasteiger partial charge in [-0.15, -0.1) is 0 Å². The number of amides is 2. The number of rotatable bonds is 8. The van der Waals surface area contributed by atoms with Gasteiger partial charge in [0.05, 0.1) is 7.11 Å². The SMILES string of the molecule is COc1ccc(C)cc1S(=O)(=O)N[C@@H](Cc1ccccc1)C(=O)N1CCC(C(N)=O)CC1. The van der Waals surface area contributed by atoms with Gasteiger partial charge in [0, 0.05) is 19.0 Å². The molecule has 0 unspecified atom stereocenters. The largest absolute Gasteiger partial charge is 0.495 e. The lowest BCUT2D eigenvalue weighted by molar-refractivity contribution is -0.136. The monoisotopic (exact) mass is 459 g/mol. The molecule has 3 rings (SSSR count). The predicted molar refractivity (Wildman–Crippen MR) is 120 cm³/mol. The van der Waals surface area contributed by atoms with Crippen molar-refractivity contribution in [2.45, 2.75) is 37.1 Å². The minimum atomic E-state index is -4.05. The second-order valence-corrected chi connectivity index (χ2v) is 9.70. The number of nitrogens with one attached hydrogen (secondary N) is 1. The summed E-state index contributed by atoms with van der Waals surface area (Å²) in [7, 11) is -2.65. The second-order valence-electron chi connectivity index (χ2n) is 8.02. The van der Waals surface area contributed by atoms with E-state index in [2.05, 4.69) is 4.72 Å². The molecule has 1 fully saturated rings. The fraction of sp³-hybridized carbons (Fsp3) is 0.391. The van der Waals surface area contributed by atoms with Crippen LogP contribution < -0.4 is 15.2 Å². The van der Waals surface area contributed by atoms with Crippen molar-refractivity contribution in [2.24, 2.45) is 11.7 Å². The summed E-state index contributed by atoms with van der Waals surface area (Å²) in [5.41, 5.74) is 6.98. The van der Waals surface area contributed by atoms with Crippen LogP contribution in [-0.2, 0) is 26.0 Å². The number of likely N-dealkylation sites (tertiary alicyclic amines) is 1. The van der Waals surface area contributed by atoms with Gasteiger partial charge in [-0.1, -0.05) is 36.4 Å². The van der Waals surface area contributed by atoms with Gasteiger partial charge in [0.1, 0.15) is 16.7 Å². The Hall–Kier alpha value is -2.91. The maximum Gasteiger partial charge on any atom is 0.244 e. The number of carbonyl (C=O) groups is 2. The summed E-state index contributed by atoms with van der Waals surface area (Å²) in [5, 5.41) is 0. The van der Waals surface area contributed by atoms with E-state index in [1.54, 1.807) is 24.0 Å². The van der Waals surface area contributed by atoms with Gasteiger partial charge >= 0.3 is 0 Å². The number of nitrogens with two attached hydrogens (primary N) is 1. The minimum absolute atomic E-state index is 0.0155. The number of ether oxygens (including phenoxy) is 1. The number of hydrogen-bond acceptors (Lipinski definition) is 5. The van der Waals surface area contributed by atoms with Crippen LogP contribution in [0.5, 0.6) is 5.75 Å². The standard InChI is InChI=1S/C23H29N3O5S/c1-16-8-9-20(31-2)21(14-16)32(29,30)25-19(15-17-6-4-3-5-7-17)23(28)26-12-10-18(11-13-26)22(24)27/h3-9,14,18-19,25H,10-13,15H2,1-2H3,(H2,24,27)/t19-/m0/s1. The molecule has 1 atom stereocenters. The molecule has 9 heteroatoms. The first-order valence-corrected chi connectivity index (χ1v) is 12.0. The van der Waals surface area contributed by atoms with Crippen molar-refractivity contribution >= 4 is 21.8 Å². The van der Waals surface area contributed by atoms with Gasteiger partial charge in [0.2, 0.25) is 21.8 Å². The lowest BCUT2D eigenvalue weighted by Gasteiger charge is -2.33. The van der Waals surface area contributed by atoms with E-state index in [9.17, 15) is 18.0 Å². The van der Waals surface area contributed by atoms with E-state index in [0.29, 0.717) is 25.9 Å². The molecule has 0 spiro atoms. The molecule has 0 saturated carbocycles. The topological polar surface area (TPSA) is 119 Å². The van der Waals surface area contributed by atoms with Crippen LogP contribution in [0.1, 0.15) is 24.0 Å². The average molecular weight is 460 g/mol. The van der Waals surface area contributed by atoms with E-state index in [0.717, 1.165) is 11.1 Å². The molecule has 8 nitrogen and oxygen atoms in total. The molecule has 2 amide bonds. The van der Waals surface area contributed by atoms with Gasteiger partial charge in [-0.05, 0) is 49.4 Å². The fourth-order valence-corrected chi connectivity index (χ4v) is 5.32. The van der Waals surface area contributed by atoms with Crippen LogP contribution in [0.15, 0.2) is 53.4 Å². The number of primary amides is 1. The molecule has 0 aromatic heterocycles. The van der Waals surface area contributed by atoms with Crippen molar-refractivity contribution in [3.8, 4) is 5.75 Å². The number of sulfonamides is 1. The zero-order valence-corrected chi connectivity index (χ0v) is 19.1. The molecule has 0 radical (unpaired) electrons. The third-order valence-corrected chi connectivity index (χ3v) is 7.19. The highest BCUT2D eigenvalue weighted by atomic mass is 32.2. The molecular formula is C23H29N3O5S. The number of piperidine rings is 1. The van der Waals surface area contributed by atoms with Crippen LogP contribution in [0, 0.1) is 12.8 Å². The van der Waals surface area contributed by atoms with Gasteiger partial charge in [-0.2, -0.15) is 4.72 Å². The first-order chi connectivity index (χ1) is 15.2. The summed E-state index contributed by atoms with van der Waals surface area (Å²) in [6.45, 7) is 2.49. The van der Waals surface area contributed by atoms with E-state index in [1.807, 2.05) is 30.3 Å². The van der Waals surface area contributed by atoms with Crippen molar-refractivity contribution in [3.63, 3.8) is 0 Å². The Morgan fingerprint density at radius 1 is 1.16 bits per heavy atom. The summed E-state index contributed by atoms with van der Waals surface area (Å²) in [6.07, 6.45) is 1.14. The van der Waals surface area contributed by atoms with Crippen LogP contribution >= 0.6 is 0 Å². The predicted octanol–water partition coefficient (Wildman–Crippen LogP) is 1.62. The van der Waals surface area contributed by atoms with Crippen molar-refractivity contribution in [2.75, 3.05) is 20.2 Å². The Morgan fingerprint density at radius 2 is 1.81 bits per heavy atom. The number of carbonyl (C=O) groups excluding carboxylic acids is 2. The van der Waals surface area contributed by atoms with E-state index in [1.165, 1.54) is 13.2 Å². The van der Waals surface area contributed by atoms with Gasteiger partial charge in [-0.3, -0.25) is 9.59 Å². The Labute approximate surface area is 188 Å². The van der Waals surface area contributed by atoms with E-state index < -0.39 is 16.1 Å². The molecule has 1 heterocycles. The smallest absolute Gasteiger partial charge is 0.244 e. The Balaban J connectivity index is 1.87. The second kappa shape index (κ2) is 10.1. The molecule has 32 heavy (non-hydrogen) atoms. The highest BCUT2D eigenvalue weighted by Gasteiger charge is 2.33. The first kappa shape index (κ1) is 23.7. The first-order valence-electron chi connectivity index (χ1n) is 10.5. The maximum atomic E-state index is 13.4. The van der Waals surface area contributed by atoms with Crippen molar-refractivity contribution < 1.29 is 22.7 Å². The molecule has 1 aliphatic heterocycles. The zero-order chi connectivity index (χ0) is 23.3. The fourth-order valence-electron chi connectivity index (χ4n) is 3.88. The third-order valence-electron chi connectivity index (χ3n) is 5.70. The Kier molecular flexibility index (Phi) is 7.52. The summed E-state index contributed by atoms with van der Waals surface area (Å²) >= 11 is 0. The summed E-state index contributed by atoms with van der Waals surface area (Å²) in [6, 6.07) is 13.1. The number of methoxy groups -OCH3 is 1. The van der Waals surface area contributed by atoms with Gasteiger partial charge in [0.15, 0.2) is 0 Å². The molecule has 1 aliphatic rings. The highest BCUT2D eigenvalue weighted by Crippen LogP contribution is 2.26. The molecule has 0 bridgehead atoms. The van der Waals surface area contributed by atoms with Gasteiger partial charge in [0.25, 0.3) is 0 Å². The maximum absolute atomic E-state index is 13.4. The van der Waals surface area contributed by atoms with Crippen molar-refractivity contribution in [1.29, 1.82) is 0 Å². The lowest BCUT2D eigenvalue weighted by Crippen LogP contribution is -2.52. The Morgan fingerprint density at radius 3 is 2.41 bits per heavy atom. The molecule has 2 aromatic carbocycles. The summed E-state index contributed by atoms with van der Waals surface area (Å²) in [4.78, 5) is 26.4. The van der Waals surface area contributed by atoms with Crippen molar-refractivity contribution in [1.82, 2.24) is 9.62 Å². The molecular weight excluding hydrogens is 430 g/mol. The van der Waals surface area contributed by atoms with Crippen LogP contribution in [0.4, 0.5) is 0 Å². The highest BCUT2D eigenvalue weighted by molar-refractivity contribution is 7.89. The summed E-state index contributed by atoms with van der Waals surface area (Å²) in [5.74, 6) is -0.756. The van der Waals surface area contributed by atoms with Crippen LogP contribution in [-0.4, -0.2) is 51.4 Å². The number of benzene rings is 2. The number of nitrogens with zero attached hydrogens (tertiary/aromatic N) is 1. The zero-order valence-electron chi connectivity index (χ0n) is 18.3. The van der Waals surface area contributed by atoms with Gasteiger partial charge in [-0.25, -0.2) is 8.42 Å². The van der Waals surface area contributed by atoms with Crippen molar-refractivity contribution in [3.05, 3.63) is 59.7 Å². The van der Waals surface area contributed by atoms with Crippen LogP contribution in [0.2, 0.25) is 0 Å². The number of aryl methyl sites for hydroxylation is 1. The number of hydrogen-bond donors (Lipinski definition) is 2. The van der Waals surface area contributed by atoms with Gasteiger partial charge < -0.3 is 15.4 Å². The molecule has 3 N–H and O–H groups in total. The van der Waals surface area contributed by atoms with Crippen LogP contribution in [0.25, 0.3) is 0 Å². The Bertz CT molecular complexity index is 1060. The molecule has 2 aromatic rings. The molecule has 172 valence electrons. The van der Waals surface area contributed by atoms with E-state index >= 15 is 0 Å².